The summed E-state index contributed by atoms with van der Waals surface area (Å²) in [6, 6.07) is 2.77. The summed E-state index contributed by atoms with van der Waals surface area (Å²) in [6.07, 6.45) is -2.08. The van der Waals surface area contributed by atoms with Crippen molar-refractivity contribution >= 4 is 40.0 Å². The fourth-order valence-corrected chi connectivity index (χ4v) is 5.20. The molecule has 1 aliphatic heterocycles. The lowest BCUT2D eigenvalue weighted by atomic mass is 10.1. The number of amides is 1. The lowest BCUT2D eigenvalue weighted by molar-refractivity contribution is -0.137. The van der Waals surface area contributed by atoms with Crippen LogP contribution in [0.25, 0.3) is 11.2 Å². The fourth-order valence-electron chi connectivity index (χ4n) is 4.97. The highest BCUT2D eigenvalue weighted by Gasteiger charge is 2.32. The van der Waals surface area contributed by atoms with Crippen LogP contribution in [-0.2, 0) is 23.9 Å². The van der Waals surface area contributed by atoms with E-state index in [4.69, 9.17) is 21.6 Å². The first-order valence-corrected chi connectivity index (χ1v) is 13.0. The molecule has 2 fully saturated rings. The van der Waals surface area contributed by atoms with Crippen LogP contribution in [0.5, 0.6) is 0 Å². The number of pyridine rings is 1. The molecule has 202 valence electrons. The van der Waals surface area contributed by atoms with Crippen molar-refractivity contribution in [3.63, 3.8) is 0 Å². The van der Waals surface area contributed by atoms with Gasteiger partial charge in [0, 0.05) is 37.8 Å². The smallest absolute Gasteiger partial charge is 0.364 e. The third-order valence-corrected chi connectivity index (χ3v) is 7.29. The van der Waals surface area contributed by atoms with Gasteiger partial charge in [-0.3, -0.25) is 9.59 Å². The maximum atomic E-state index is 13.8. The second-order valence-electron chi connectivity index (χ2n) is 9.68. The summed E-state index contributed by atoms with van der Waals surface area (Å²) < 4.78 is 40.8. The number of piperazine rings is 1. The first kappa shape index (κ1) is 26.4. The van der Waals surface area contributed by atoms with Crippen LogP contribution >= 0.6 is 11.6 Å². The second kappa shape index (κ2) is 10.2. The Morgan fingerprint density at radius 1 is 1.21 bits per heavy atom. The van der Waals surface area contributed by atoms with E-state index in [2.05, 4.69) is 10.6 Å². The van der Waals surface area contributed by atoms with Crippen LogP contribution in [0.4, 0.5) is 24.5 Å². The normalized spacial score (nSPS) is 16.2. The number of aryl methyl sites for hydroxylation is 1. The molecule has 8 nitrogen and oxygen atoms in total. The lowest BCUT2D eigenvalue weighted by Gasteiger charge is -2.32. The molecule has 1 saturated heterocycles. The van der Waals surface area contributed by atoms with Gasteiger partial charge in [0.2, 0.25) is 11.3 Å². The van der Waals surface area contributed by atoms with Crippen LogP contribution < -0.4 is 21.0 Å². The Labute approximate surface area is 222 Å². The van der Waals surface area contributed by atoms with Crippen molar-refractivity contribution in [3.8, 4) is 0 Å². The summed E-state index contributed by atoms with van der Waals surface area (Å²) in [6.45, 7) is 6.26. The number of benzene rings is 1. The average molecular weight is 549 g/mol. The van der Waals surface area contributed by atoms with E-state index in [-0.39, 0.29) is 28.2 Å². The van der Waals surface area contributed by atoms with Gasteiger partial charge in [0.05, 0.1) is 27.7 Å². The average Bonchev–Trinajstić information content (AvgIpc) is 3.71. The molecular formula is C26H28ClF3N6O2. The molecule has 0 atom stereocenters. The van der Waals surface area contributed by atoms with E-state index in [0.717, 1.165) is 55.5 Å². The summed E-state index contributed by atoms with van der Waals surface area (Å²) in [7, 11) is 0. The van der Waals surface area contributed by atoms with Gasteiger partial charge in [0.15, 0.2) is 11.2 Å². The number of hydrogen-bond acceptors (Lipinski definition) is 6. The van der Waals surface area contributed by atoms with Crippen molar-refractivity contribution in [1.29, 1.82) is 0 Å². The second-order valence-corrected chi connectivity index (χ2v) is 10.1. The molecule has 1 aliphatic carbocycles. The van der Waals surface area contributed by atoms with E-state index < -0.39 is 17.6 Å². The minimum Gasteiger partial charge on any atom is -0.364 e. The molecule has 0 unspecified atom stereocenters. The van der Waals surface area contributed by atoms with Crippen molar-refractivity contribution in [2.75, 3.05) is 36.4 Å². The lowest BCUT2D eigenvalue weighted by Crippen LogP contribution is -2.46. The molecule has 0 spiro atoms. The van der Waals surface area contributed by atoms with E-state index in [0.29, 0.717) is 42.5 Å². The predicted molar refractivity (Wildman–Crippen MR) is 140 cm³/mol. The molecular weight excluding hydrogens is 521 g/mol. The number of carbonyl (C=O) groups is 1. The summed E-state index contributed by atoms with van der Waals surface area (Å²) in [4.78, 5) is 38.6. The number of nitrogens with zero attached hydrogens (tertiary/aromatic N) is 4. The van der Waals surface area contributed by atoms with Gasteiger partial charge in [0.1, 0.15) is 12.2 Å². The summed E-state index contributed by atoms with van der Waals surface area (Å²) in [5, 5.41) is 5.68. The Bertz CT molecular complexity index is 1460. The number of anilines is 2. The number of fused-ring (bicyclic) bond motifs is 1. The first-order chi connectivity index (χ1) is 18.1. The fraction of sp³-hybridized carbons (Fsp3) is 0.462. The van der Waals surface area contributed by atoms with Crippen LogP contribution in [0, 0.1) is 6.92 Å². The van der Waals surface area contributed by atoms with Crippen molar-refractivity contribution in [2.45, 2.75) is 51.7 Å². The Balaban J connectivity index is 1.58. The molecule has 3 heterocycles. The maximum absolute atomic E-state index is 13.8. The molecule has 12 heteroatoms. The Kier molecular flexibility index (Phi) is 7.08. The van der Waals surface area contributed by atoms with Crippen LogP contribution in [0.1, 0.15) is 48.3 Å². The van der Waals surface area contributed by atoms with Crippen LogP contribution in [-0.4, -0.2) is 46.6 Å². The highest BCUT2D eigenvalue weighted by atomic mass is 35.5. The van der Waals surface area contributed by atoms with Crippen molar-refractivity contribution < 1.29 is 18.0 Å². The summed E-state index contributed by atoms with van der Waals surface area (Å²) >= 11 is 6.06. The predicted octanol–water partition coefficient (Wildman–Crippen LogP) is 4.26. The number of aromatic nitrogens is 3. The van der Waals surface area contributed by atoms with Crippen LogP contribution in [0.15, 0.2) is 23.0 Å². The molecule has 2 aromatic heterocycles. The number of halogens is 4. The molecule has 2 N–H and O–H groups in total. The van der Waals surface area contributed by atoms with Gasteiger partial charge < -0.3 is 20.1 Å². The Morgan fingerprint density at radius 3 is 2.53 bits per heavy atom. The standard InChI is InChI=1S/C26H28ClF3N6O2/c1-3-19-23(35-10-8-31-9-11-35)24(38)22-25(32-14(2)21(34-22)15-4-5-15)36(19)13-20(37)33-18-7-6-16(12-17(18)27)26(28,29)30/h6-7,12,15,31H,3-5,8-11,13H2,1-2H3,(H,33,37). The number of rotatable bonds is 6. The monoisotopic (exact) mass is 548 g/mol. The molecule has 1 saturated carbocycles. The number of hydrogen-bond donors (Lipinski definition) is 2. The molecule has 1 amide bonds. The van der Waals surface area contributed by atoms with E-state index in [1.807, 2.05) is 18.7 Å². The number of alkyl halides is 3. The molecule has 3 aromatic rings. The van der Waals surface area contributed by atoms with E-state index in [9.17, 15) is 22.8 Å². The van der Waals surface area contributed by atoms with E-state index >= 15 is 0 Å². The molecule has 38 heavy (non-hydrogen) atoms. The highest BCUT2D eigenvalue weighted by Crippen LogP contribution is 2.40. The first-order valence-electron chi connectivity index (χ1n) is 12.6. The topological polar surface area (TPSA) is 92.2 Å². The van der Waals surface area contributed by atoms with Gasteiger partial charge in [0.25, 0.3) is 0 Å². The van der Waals surface area contributed by atoms with Gasteiger partial charge in [-0.05, 0) is 44.4 Å². The molecule has 0 bridgehead atoms. The van der Waals surface area contributed by atoms with E-state index in [1.165, 1.54) is 0 Å². The van der Waals surface area contributed by atoms with Gasteiger partial charge in [-0.2, -0.15) is 13.2 Å². The maximum Gasteiger partial charge on any atom is 0.416 e. The third kappa shape index (κ3) is 5.09. The zero-order valence-corrected chi connectivity index (χ0v) is 21.8. The minimum absolute atomic E-state index is 0.0636. The van der Waals surface area contributed by atoms with Gasteiger partial charge >= 0.3 is 6.18 Å². The van der Waals surface area contributed by atoms with Gasteiger partial charge in [-0.25, -0.2) is 9.97 Å². The van der Waals surface area contributed by atoms with Gasteiger partial charge in [-0.15, -0.1) is 0 Å². The largest absolute Gasteiger partial charge is 0.416 e. The molecule has 1 aromatic carbocycles. The minimum atomic E-state index is -4.55. The van der Waals surface area contributed by atoms with Crippen LogP contribution in [0.2, 0.25) is 5.02 Å². The molecule has 2 aliphatic rings. The Hall–Kier alpha value is -3.18. The van der Waals surface area contributed by atoms with E-state index in [1.54, 1.807) is 4.57 Å². The zero-order valence-electron chi connectivity index (χ0n) is 21.1. The van der Waals surface area contributed by atoms with Crippen molar-refractivity contribution in [1.82, 2.24) is 19.9 Å². The van der Waals surface area contributed by atoms with Gasteiger partial charge in [-0.1, -0.05) is 18.5 Å². The SMILES string of the molecule is CCc1c(N2CCNCC2)c(=O)c2nc(C3CC3)c(C)nc2n1CC(=O)Nc1ccc(C(F)(F)F)cc1Cl. The Morgan fingerprint density at radius 2 is 1.92 bits per heavy atom. The number of nitrogens with one attached hydrogen (secondary N) is 2. The van der Waals surface area contributed by atoms with Crippen molar-refractivity contribution in [3.05, 3.63) is 56.1 Å². The summed E-state index contributed by atoms with van der Waals surface area (Å²) in [5.74, 6) is -0.221. The zero-order chi connectivity index (χ0) is 27.2. The van der Waals surface area contributed by atoms with Crippen LogP contribution in [0.3, 0.4) is 0 Å². The molecule has 0 radical (unpaired) electrons. The number of carbonyl (C=O) groups excluding carboxylic acids is 1. The highest BCUT2D eigenvalue weighted by molar-refractivity contribution is 6.33. The molecule has 5 rings (SSSR count). The quantitative estimate of drug-likeness (QED) is 0.478. The van der Waals surface area contributed by atoms with Crippen molar-refractivity contribution in [2.24, 2.45) is 0 Å². The third-order valence-electron chi connectivity index (χ3n) is 6.98. The summed E-state index contributed by atoms with van der Waals surface area (Å²) in [5.41, 5.74) is 2.22.